The minimum atomic E-state index is 0.400. The second kappa shape index (κ2) is 5.11. The summed E-state index contributed by atoms with van der Waals surface area (Å²) in [4.78, 5) is 6.76. The number of rotatable bonds is 3. The number of methoxy groups -OCH3 is 1. The van der Waals surface area contributed by atoms with E-state index < -0.39 is 0 Å². The molecule has 1 aromatic rings. The summed E-state index contributed by atoms with van der Waals surface area (Å²) < 4.78 is 5.26. The van der Waals surface area contributed by atoms with Crippen LogP contribution in [0.5, 0.6) is 5.75 Å². The van der Waals surface area contributed by atoms with Crippen molar-refractivity contribution in [3.63, 3.8) is 0 Å². The van der Waals surface area contributed by atoms with Gasteiger partial charge in [-0.3, -0.25) is 0 Å². The summed E-state index contributed by atoms with van der Waals surface area (Å²) in [5.41, 5.74) is 7.33. The summed E-state index contributed by atoms with van der Waals surface area (Å²) >= 11 is 0. The fourth-order valence-corrected chi connectivity index (χ4v) is 2.67. The van der Waals surface area contributed by atoms with E-state index in [1.54, 1.807) is 7.11 Å². The van der Waals surface area contributed by atoms with E-state index in [2.05, 4.69) is 28.1 Å². The van der Waals surface area contributed by atoms with Gasteiger partial charge in [0.2, 0.25) is 0 Å². The Labute approximate surface area is 114 Å². The van der Waals surface area contributed by atoms with Gasteiger partial charge in [-0.2, -0.15) is 0 Å². The summed E-state index contributed by atoms with van der Waals surface area (Å²) in [6.45, 7) is 2.14. The molecule has 19 heavy (non-hydrogen) atoms. The first-order valence-electron chi connectivity index (χ1n) is 6.98. The maximum atomic E-state index is 5.98. The molecule has 2 aliphatic rings. The fraction of sp³-hybridized carbons (Fsp3) is 0.533. The molecule has 4 heteroatoms. The number of likely N-dealkylation sites (tertiary alicyclic amines) is 1. The Morgan fingerprint density at radius 2 is 2.16 bits per heavy atom. The van der Waals surface area contributed by atoms with E-state index in [0.29, 0.717) is 12.0 Å². The first-order valence-corrected chi connectivity index (χ1v) is 6.98. The standard InChI is InChI=1S/C15H21N3O/c1-19-14-5-2-4-11(10-14)12-8-13(9-12)17-15(16)18-6-3-7-18/h2,4-5,10,12-13H,3,6-9H2,1H3,(H2,16,17). The van der Waals surface area contributed by atoms with Gasteiger partial charge in [-0.05, 0) is 42.9 Å². The van der Waals surface area contributed by atoms with Gasteiger partial charge in [0.15, 0.2) is 5.96 Å². The third kappa shape index (κ3) is 2.53. The second-order valence-corrected chi connectivity index (χ2v) is 5.43. The van der Waals surface area contributed by atoms with Crippen molar-refractivity contribution in [3.05, 3.63) is 29.8 Å². The normalized spacial score (nSPS) is 26.6. The molecule has 4 nitrogen and oxygen atoms in total. The fourth-order valence-electron chi connectivity index (χ4n) is 2.67. The van der Waals surface area contributed by atoms with Gasteiger partial charge in [0.25, 0.3) is 0 Å². The molecular weight excluding hydrogens is 238 g/mol. The molecule has 1 saturated carbocycles. The average molecular weight is 259 g/mol. The van der Waals surface area contributed by atoms with Crippen LogP contribution in [0.25, 0.3) is 0 Å². The van der Waals surface area contributed by atoms with Crippen molar-refractivity contribution >= 4 is 5.96 Å². The zero-order chi connectivity index (χ0) is 13.2. The Bertz CT molecular complexity index is 476. The van der Waals surface area contributed by atoms with Crippen molar-refractivity contribution in [1.82, 2.24) is 4.90 Å². The highest BCUT2D eigenvalue weighted by atomic mass is 16.5. The molecule has 0 bridgehead atoms. The van der Waals surface area contributed by atoms with E-state index in [9.17, 15) is 0 Å². The number of hydrogen-bond acceptors (Lipinski definition) is 2. The number of hydrogen-bond donors (Lipinski definition) is 1. The topological polar surface area (TPSA) is 50.9 Å². The largest absolute Gasteiger partial charge is 0.497 e. The van der Waals surface area contributed by atoms with Crippen LogP contribution >= 0.6 is 0 Å². The zero-order valence-corrected chi connectivity index (χ0v) is 11.4. The summed E-state index contributed by atoms with van der Waals surface area (Å²) in [7, 11) is 1.71. The van der Waals surface area contributed by atoms with E-state index in [-0.39, 0.29) is 0 Å². The number of guanidine groups is 1. The highest BCUT2D eigenvalue weighted by Gasteiger charge is 2.31. The van der Waals surface area contributed by atoms with Gasteiger partial charge in [-0.25, -0.2) is 4.99 Å². The van der Waals surface area contributed by atoms with E-state index in [1.807, 2.05) is 6.07 Å². The molecule has 0 radical (unpaired) electrons. The molecular formula is C15H21N3O. The van der Waals surface area contributed by atoms with Crippen molar-refractivity contribution in [2.75, 3.05) is 20.2 Å². The number of aliphatic imine (C=N–C) groups is 1. The lowest BCUT2D eigenvalue weighted by Gasteiger charge is -2.36. The van der Waals surface area contributed by atoms with Gasteiger partial charge in [0.1, 0.15) is 5.75 Å². The van der Waals surface area contributed by atoms with E-state index in [0.717, 1.165) is 37.6 Å². The van der Waals surface area contributed by atoms with Crippen molar-refractivity contribution in [2.24, 2.45) is 10.7 Å². The van der Waals surface area contributed by atoms with Gasteiger partial charge in [0.05, 0.1) is 13.2 Å². The van der Waals surface area contributed by atoms with Crippen molar-refractivity contribution in [3.8, 4) is 5.75 Å². The lowest BCUT2D eigenvalue weighted by molar-refractivity contribution is 0.286. The molecule has 1 saturated heterocycles. The van der Waals surface area contributed by atoms with Crippen molar-refractivity contribution in [2.45, 2.75) is 31.2 Å². The van der Waals surface area contributed by atoms with E-state index in [4.69, 9.17) is 10.5 Å². The molecule has 0 atom stereocenters. The summed E-state index contributed by atoms with van der Waals surface area (Å²) in [6, 6.07) is 8.74. The maximum Gasteiger partial charge on any atom is 0.191 e. The van der Waals surface area contributed by atoms with Crippen LogP contribution < -0.4 is 10.5 Å². The van der Waals surface area contributed by atoms with Gasteiger partial charge in [-0.15, -0.1) is 0 Å². The average Bonchev–Trinajstić information content (AvgIpc) is 2.31. The molecule has 1 aliphatic carbocycles. The molecule has 2 fully saturated rings. The minimum absolute atomic E-state index is 0.400. The summed E-state index contributed by atoms with van der Waals surface area (Å²) in [5.74, 6) is 2.28. The minimum Gasteiger partial charge on any atom is -0.497 e. The molecule has 2 N–H and O–H groups in total. The van der Waals surface area contributed by atoms with Crippen molar-refractivity contribution < 1.29 is 4.74 Å². The van der Waals surface area contributed by atoms with Crippen LogP contribution in [0.4, 0.5) is 0 Å². The molecule has 3 rings (SSSR count). The lowest BCUT2D eigenvalue weighted by atomic mass is 9.76. The number of nitrogens with two attached hydrogens (primary N) is 1. The Kier molecular flexibility index (Phi) is 3.32. The highest BCUT2D eigenvalue weighted by Crippen LogP contribution is 2.39. The third-order valence-electron chi connectivity index (χ3n) is 4.17. The molecule has 102 valence electrons. The third-order valence-corrected chi connectivity index (χ3v) is 4.17. The summed E-state index contributed by atoms with van der Waals surface area (Å²) in [6.07, 6.45) is 3.44. The molecule has 0 aromatic heterocycles. The van der Waals surface area contributed by atoms with Gasteiger partial charge < -0.3 is 15.4 Å². The molecule has 0 spiro atoms. The Morgan fingerprint density at radius 1 is 1.37 bits per heavy atom. The Morgan fingerprint density at radius 3 is 2.79 bits per heavy atom. The molecule has 0 amide bonds. The Hall–Kier alpha value is -1.71. The first kappa shape index (κ1) is 12.3. The van der Waals surface area contributed by atoms with Crippen molar-refractivity contribution in [1.29, 1.82) is 0 Å². The highest BCUT2D eigenvalue weighted by molar-refractivity contribution is 5.79. The van der Waals surface area contributed by atoms with Crippen LogP contribution in [0.15, 0.2) is 29.3 Å². The quantitative estimate of drug-likeness (QED) is 0.667. The molecule has 1 aromatic carbocycles. The van der Waals surface area contributed by atoms with Crippen LogP contribution in [0, 0.1) is 0 Å². The van der Waals surface area contributed by atoms with Gasteiger partial charge in [0, 0.05) is 13.1 Å². The second-order valence-electron chi connectivity index (χ2n) is 5.43. The van der Waals surface area contributed by atoms with Crippen LogP contribution in [0.2, 0.25) is 0 Å². The van der Waals surface area contributed by atoms with E-state index >= 15 is 0 Å². The smallest absolute Gasteiger partial charge is 0.191 e. The van der Waals surface area contributed by atoms with Crippen LogP contribution in [-0.2, 0) is 0 Å². The van der Waals surface area contributed by atoms with Gasteiger partial charge in [-0.1, -0.05) is 12.1 Å². The molecule has 1 heterocycles. The number of ether oxygens (including phenoxy) is 1. The molecule has 1 aliphatic heterocycles. The first-order chi connectivity index (χ1) is 9.26. The maximum absolute atomic E-state index is 5.98. The van der Waals surface area contributed by atoms with Crippen LogP contribution in [-0.4, -0.2) is 37.1 Å². The number of nitrogens with zero attached hydrogens (tertiary/aromatic N) is 2. The van der Waals surface area contributed by atoms with Crippen LogP contribution in [0.1, 0.15) is 30.7 Å². The van der Waals surface area contributed by atoms with E-state index in [1.165, 1.54) is 12.0 Å². The predicted molar refractivity (Wildman–Crippen MR) is 76.6 cm³/mol. The summed E-state index contributed by atoms with van der Waals surface area (Å²) in [5, 5.41) is 0. The predicted octanol–water partition coefficient (Wildman–Crippen LogP) is 1.96. The SMILES string of the molecule is COc1cccc(C2CC(N=C(N)N3CCC3)C2)c1. The lowest BCUT2D eigenvalue weighted by Crippen LogP contribution is -2.47. The molecule has 0 unspecified atom stereocenters. The Balaban J connectivity index is 1.57. The van der Waals surface area contributed by atoms with Gasteiger partial charge >= 0.3 is 0 Å². The number of benzene rings is 1. The zero-order valence-electron chi connectivity index (χ0n) is 11.4. The monoisotopic (exact) mass is 259 g/mol. The van der Waals surface area contributed by atoms with Crippen LogP contribution in [0.3, 0.4) is 0 Å².